The Morgan fingerprint density at radius 3 is 2.56 bits per heavy atom. The number of carboxylic acid groups (broad SMARTS) is 1. The van der Waals surface area contributed by atoms with E-state index in [1.165, 1.54) is 21.0 Å². The van der Waals surface area contributed by atoms with E-state index in [0.717, 1.165) is 6.07 Å². The van der Waals surface area contributed by atoms with Crippen LogP contribution in [0.1, 0.15) is 25.8 Å². The first-order chi connectivity index (χ1) is 8.20. The summed E-state index contributed by atoms with van der Waals surface area (Å²) in [6.07, 6.45) is -0.346. The van der Waals surface area contributed by atoms with Crippen molar-refractivity contribution in [1.29, 1.82) is 0 Å². The summed E-state index contributed by atoms with van der Waals surface area (Å²) in [5.74, 6) is -2.35. The van der Waals surface area contributed by atoms with Gasteiger partial charge in [0.1, 0.15) is 5.82 Å². The minimum Gasteiger partial charge on any atom is -0.504 e. The van der Waals surface area contributed by atoms with Gasteiger partial charge in [0.25, 0.3) is 0 Å². The molecule has 0 aromatic heterocycles. The maximum Gasteiger partial charge on any atom is 0.304 e. The van der Waals surface area contributed by atoms with Crippen LogP contribution in [-0.2, 0) is 10.2 Å². The molecule has 100 valence electrons. The van der Waals surface area contributed by atoms with Gasteiger partial charge in [0.2, 0.25) is 0 Å². The van der Waals surface area contributed by atoms with Gasteiger partial charge in [0.05, 0.1) is 18.6 Å². The van der Waals surface area contributed by atoms with Crippen molar-refractivity contribution in [3.63, 3.8) is 0 Å². The fourth-order valence-corrected chi connectivity index (χ4v) is 2.03. The molecule has 0 aliphatic rings. The van der Waals surface area contributed by atoms with Crippen LogP contribution in [0.15, 0.2) is 6.07 Å². The molecule has 0 bridgehead atoms. The maximum absolute atomic E-state index is 14.0. The number of phenolic OH excluding ortho intramolecular Hbond substituents is 1. The largest absolute Gasteiger partial charge is 0.504 e. The predicted molar refractivity (Wildman–Crippen MR) is 64.9 cm³/mol. The van der Waals surface area contributed by atoms with Gasteiger partial charge >= 0.3 is 5.97 Å². The van der Waals surface area contributed by atoms with Crippen LogP contribution in [0.3, 0.4) is 0 Å². The minimum absolute atomic E-state index is 0.00913. The number of hydrogen-bond donors (Lipinski definition) is 2. The van der Waals surface area contributed by atoms with Gasteiger partial charge in [0, 0.05) is 17.0 Å². The molecule has 1 aromatic carbocycles. The van der Waals surface area contributed by atoms with E-state index in [1.807, 2.05) is 0 Å². The zero-order chi connectivity index (χ0) is 14.1. The number of methoxy groups -OCH3 is 1. The lowest BCUT2D eigenvalue weighted by molar-refractivity contribution is -0.138. The number of aromatic hydroxyl groups is 1. The van der Waals surface area contributed by atoms with Crippen molar-refractivity contribution in [3.05, 3.63) is 22.5 Å². The molecule has 0 aliphatic heterocycles. The zero-order valence-corrected chi connectivity index (χ0v) is 11.0. The highest BCUT2D eigenvalue weighted by Gasteiger charge is 2.33. The fraction of sp³-hybridized carbons (Fsp3) is 0.417. The van der Waals surface area contributed by atoms with Gasteiger partial charge in [0.15, 0.2) is 11.5 Å². The van der Waals surface area contributed by atoms with Crippen LogP contribution in [-0.4, -0.2) is 23.3 Å². The smallest absolute Gasteiger partial charge is 0.304 e. The van der Waals surface area contributed by atoms with Crippen molar-refractivity contribution in [2.45, 2.75) is 25.7 Å². The van der Waals surface area contributed by atoms with Gasteiger partial charge in [-0.15, -0.1) is 0 Å². The second kappa shape index (κ2) is 5.02. The molecule has 0 amide bonds. The summed E-state index contributed by atoms with van der Waals surface area (Å²) in [5, 5.41) is 18.5. The van der Waals surface area contributed by atoms with Gasteiger partial charge in [-0.25, -0.2) is 4.39 Å². The van der Waals surface area contributed by atoms with Crippen molar-refractivity contribution in [1.82, 2.24) is 0 Å². The molecule has 0 heterocycles. The molecule has 1 aromatic rings. The van der Waals surface area contributed by atoms with E-state index in [2.05, 4.69) is 0 Å². The van der Waals surface area contributed by atoms with Gasteiger partial charge < -0.3 is 14.9 Å². The van der Waals surface area contributed by atoms with Crippen molar-refractivity contribution in [2.24, 2.45) is 0 Å². The molecule has 0 saturated carbocycles. The Labute approximate surface area is 109 Å². The van der Waals surface area contributed by atoms with Crippen LogP contribution in [0.25, 0.3) is 0 Å². The van der Waals surface area contributed by atoms with E-state index >= 15 is 0 Å². The third-order valence-corrected chi connectivity index (χ3v) is 2.92. The van der Waals surface area contributed by atoms with Gasteiger partial charge in [-0.1, -0.05) is 25.4 Å². The lowest BCUT2D eigenvalue weighted by atomic mass is 9.80. The molecular weight excluding hydrogens is 263 g/mol. The van der Waals surface area contributed by atoms with Gasteiger partial charge in [-0.2, -0.15) is 0 Å². The van der Waals surface area contributed by atoms with E-state index < -0.39 is 23.0 Å². The molecule has 4 nitrogen and oxygen atoms in total. The number of halogens is 2. The average molecular weight is 277 g/mol. The van der Waals surface area contributed by atoms with E-state index in [9.17, 15) is 14.3 Å². The number of carboxylic acids is 1. The Hall–Kier alpha value is -1.49. The molecule has 6 heteroatoms. The number of phenols is 1. The summed E-state index contributed by atoms with van der Waals surface area (Å²) in [4.78, 5) is 10.8. The second-order valence-corrected chi connectivity index (χ2v) is 4.96. The van der Waals surface area contributed by atoms with Crippen molar-refractivity contribution < 1.29 is 24.1 Å². The first-order valence-corrected chi connectivity index (χ1v) is 5.55. The highest BCUT2D eigenvalue weighted by atomic mass is 35.5. The second-order valence-electron chi connectivity index (χ2n) is 4.55. The van der Waals surface area contributed by atoms with Crippen LogP contribution in [0.2, 0.25) is 5.02 Å². The Balaban J connectivity index is 3.47. The molecule has 0 aliphatic carbocycles. The van der Waals surface area contributed by atoms with E-state index in [-0.39, 0.29) is 22.8 Å². The van der Waals surface area contributed by atoms with Crippen LogP contribution in [0.4, 0.5) is 4.39 Å². The Morgan fingerprint density at radius 2 is 2.11 bits per heavy atom. The van der Waals surface area contributed by atoms with Crippen LogP contribution >= 0.6 is 11.6 Å². The summed E-state index contributed by atoms with van der Waals surface area (Å²) >= 11 is 5.70. The number of aliphatic carboxylic acids is 1. The molecule has 2 N–H and O–H groups in total. The van der Waals surface area contributed by atoms with Crippen LogP contribution in [0.5, 0.6) is 11.5 Å². The molecule has 0 atom stereocenters. The first-order valence-electron chi connectivity index (χ1n) is 5.18. The van der Waals surface area contributed by atoms with Crippen molar-refractivity contribution in [3.8, 4) is 11.5 Å². The normalized spacial score (nSPS) is 11.4. The highest BCUT2D eigenvalue weighted by Crippen LogP contribution is 2.43. The molecule has 0 spiro atoms. The molecule has 0 unspecified atom stereocenters. The molecule has 0 saturated heterocycles. The lowest BCUT2D eigenvalue weighted by Crippen LogP contribution is -2.23. The monoisotopic (exact) mass is 276 g/mol. The maximum atomic E-state index is 14.0. The fourth-order valence-electron chi connectivity index (χ4n) is 1.83. The number of hydrogen-bond acceptors (Lipinski definition) is 3. The van der Waals surface area contributed by atoms with Gasteiger partial charge in [-0.3, -0.25) is 4.79 Å². The molecule has 18 heavy (non-hydrogen) atoms. The van der Waals surface area contributed by atoms with Crippen molar-refractivity contribution in [2.75, 3.05) is 7.11 Å². The van der Waals surface area contributed by atoms with E-state index in [0.29, 0.717) is 0 Å². The van der Waals surface area contributed by atoms with E-state index in [4.69, 9.17) is 21.4 Å². The minimum atomic E-state index is -1.11. The lowest BCUT2D eigenvalue weighted by Gasteiger charge is -2.25. The summed E-state index contributed by atoms with van der Waals surface area (Å²) in [6, 6.07) is 1.15. The topological polar surface area (TPSA) is 66.8 Å². The Morgan fingerprint density at radius 1 is 1.56 bits per heavy atom. The Kier molecular flexibility index (Phi) is 4.06. The molecule has 0 fully saturated rings. The Bertz CT molecular complexity index is 485. The zero-order valence-electron chi connectivity index (χ0n) is 10.3. The van der Waals surface area contributed by atoms with Gasteiger partial charge in [-0.05, 0) is 0 Å². The number of benzene rings is 1. The standard InChI is InChI=1S/C12H14ClFO4/c1-12(2,5-8(15)16)9-10(14)6(13)4-7(18-3)11(9)17/h4,17H,5H2,1-3H3,(H,15,16). The number of rotatable bonds is 4. The quantitative estimate of drug-likeness (QED) is 0.887. The molecular formula is C12H14ClFO4. The average Bonchev–Trinajstić information content (AvgIpc) is 2.21. The van der Waals surface area contributed by atoms with Crippen LogP contribution < -0.4 is 4.74 Å². The SMILES string of the molecule is COc1cc(Cl)c(F)c(C(C)(C)CC(=O)O)c1O. The number of carbonyl (C=O) groups is 1. The third kappa shape index (κ3) is 2.67. The third-order valence-electron chi connectivity index (χ3n) is 2.65. The molecule has 0 radical (unpaired) electrons. The van der Waals surface area contributed by atoms with Crippen molar-refractivity contribution >= 4 is 17.6 Å². The van der Waals surface area contributed by atoms with E-state index in [1.54, 1.807) is 0 Å². The molecule has 1 rings (SSSR count). The van der Waals surface area contributed by atoms with Crippen LogP contribution in [0, 0.1) is 5.82 Å². The highest BCUT2D eigenvalue weighted by molar-refractivity contribution is 6.31. The summed E-state index contributed by atoms with van der Waals surface area (Å²) < 4.78 is 18.9. The number of ether oxygens (including phenoxy) is 1. The summed E-state index contributed by atoms with van der Waals surface area (Å²) in [7, 11) is 1.30. The summed E-state index contributed by atoms with van der Waals surface area (Å²) in [6.45, 7) is 3.02. The first kappa shape index (κ1) is 14.6. The summed E-state index contributed by atoms with van der Waals surface area (Å²) in [5.41, 5.74) is -1.27. The predicted octanol–water partition coefficient (Wildman–Crippen LogP) is 2.95.